The standard InChI is InChI=1S/C17H12ClFN2O2/c1-10-15(17(22)20-14-5-3-2-4-13(14)19)16(21-23-10)11-6-8-12(18)9-7-11/h2-9H,1H3,(H,20,22). The van der Waals surface area contributed by atoms with Crippen LogP contribution in [0.4, 0.5) is 10.1 Å². The van der Waals surface area contributed by atoms with E-state index >= 15 is 0 Å². The summed E-state index contributed by atoms with van der Waals surface area (Å²) in [6, 6.07) is 12.8. The van der Waals surface area contributed by atoms with Crippen LogP contribution in [0.15, 0.2) is 53.1 Å². The van der Waals surface area contributed by atoms with Gasteiger partial charge >= 0.3 is 0 Å². The number of hydrogen-bond donors (Lipinski definition) is 1. The smallest absolute Gasteiger partial charge is 0.261 e. The van der Waals surface area contributed by atoms with Gasteiger partial charge in [-0.25, -0.2) is 4.39 Å². The zero-order valence-corrected chi connectivity index (χ0v) is 12.9. The summed E-state index contributed by atoms with van der Waals surface area (Å²) in [6.07, 6.45) is 0. The molecule has 0 aliphatic carbocycles. The maximum absolute atomic E-state index is 13.7. The number of amides is 1. The Kier molecular flexibility index (Phi) is 4.12. The van der Waals surface area contributed by atoms with Crippen LogP contribution in [-0.4, -0.2) is 11.1 Å². The summed E-state index contributed by atoms with van der Waals surface area (Å²) in [7, 11) is 0. The third kappa shape index (κ3) is 3.10. The minimum absolute atomic E-state index is 0.0974. The van der Waals surface area contributed by atoms with E-state index in [-0.39, 0.29) is 11.3 Å². The first-order chi connectivity index (χ1) is 11.1. The quantitative estimate of drug-likeness (QED) is 0.757. The van der Waals surface area contributed by atoms with Crippen molar-refractivity contribution >= 4 is 23.2 Å². The number of aryl methyl sites for hydroxylation is 1. The SMILES string of the molecule is Cc1onc(-c2ccc(Cl)cc2)c1C(=O)Nc1ccccc1F. The first-order valence-electron chi connectivity index (χ1n) is 6.84. The summed E-state index contributed by atoms with van der Waals surface area (Å²) in [6.45, 7) is 1.63. The highest BCUT2D eigenvalue weighted by atomic mass is 35.5. The number of hydrogen-bond acceptors (Lipinski definition) is 3. The Bertz CT molecular complexity index is 859. The molecular formula is C17H12ClFN2O2. The Hall–Kier alpha value is -2.66. The summed E-state index contributed by atoms with van der Waals surface area (Å²) >= 11 is 5.87. The van der Waals surface area contributed by atoms with Gasteiger partial charge in [0, 0.05) is 10.6 Å². The Balaban J connectivity index is 1.97. The van der Waals surface area contributed by atoms with Crippen molar-refractivity contribution in [1.29, 1.82) is 0 Å². The van der Waals surface area contributed by atoms with Crippen molar-refractivity contribution in [2.24, 2.45) is 0 Å². The lowest BCUT2D eigenvalue weighted by Gasteiger charge is -2.06. The summed E-state index contributed by atoms with van der Waals surface area (Å²) in [5.74, 6) is -0.648. The monoisotopic (exact) mass is 330 g/mol. The zero-order valence-electron chi connectivity index (χ0n) is 12.1. The highest BCUT2D eigenvalue weighted by Crippen LogP contribution is 2.27. The van der Waals surface area contributed by atoms with Gasteiger partial charge in [0.15, 0.2) is 0 Å². The highest BCUT2D eigenvalue weighted by molar-refractivity contribution is 6.30. The maximum Gasteiger partial charge on any atom is 0.261 e. The number of anilines is 1. The minimum atomic E-state index is -0.511. The average molecular weight is 331 g/mol. The lowest BCUT2D eigenvalue weighted by atomic mass is 10.1. The molecule has 1 N–H and O–H groups in total. The van der Waals surface area contributed by atoms with Crippen LogP contribution in [0.1, 0.15) is 16.1 Å². The molecule has 0 aliphatic rings. The predicted molar refractivity (Wildman–Crippen MR) is 86.0 cm³/mol. The second-order valence-electron chi connectivity index (χ2n) is 4.90. The molecule has 0 saturated heterocycles. The molecule has 0 saturated carbocycles. The van der Waals surface area contributed by atoms with E-state index in [0.29, 0.717) is 22.0 Å². The summed E-state index contributed by atoms with van der Waals surface area (Å²) in [5, 5.41) is 7.04. The molecule has 2 aromatic carbocycles. The van der Waals surface area contributed by atoms with Crippen LogP contribution in [0.3, 0.4) is 0 Å². The van der Waals surface area contributed by atoms with E-state index in [1.165, 1.54) is 12.1 Å². The zero-order chi connectivity index (χ0) is 16.4. The second kappa shape index (κ2) is 6.22. The highest BCUT2D eigenvalue weighted by Gasteiger charge is 2.22. The van der Waals surface area contributed by atoms with Crippen LogP contribution in [0.5, 0.6) is 0 Å². The van der Waals surface area contributed by atoms with E-state index in [9.17, 15) is 9.18 Å². The Morgan fingerprint density at radius 3 is 2.57 bits per heavy atom. The largest absolute Gasteiger partial charge is 0.360 e. The van der Waals surface area contributed by atoms with Gasteiger partial charge in [0.2, 0.25) is 0 Å². The minimum Gasteiger partial charge on any atom is -0.360 e. The van der Waals surface area contributed by atoms with Crippen LogP contribution in [0, 0.1) is 12.7 Å². The molecule has 0 radical (unpaired) electrons. The van der Waals surface area contributed by atoms with E-state index in [1.54, 1.807) is 43.3 Å². The molecule has 0 bridgehead atoms. The number of nitrogens with one attached hydrogen (secondary N) is 1. The normalized spacial score (nSPS) is 10.6. The summed E-state index contributed by atoms with van der Waals surface area (Å²) in [4.78, 5) is 12.5. The number of carbonyl (C=O) groups excluding carboxylic acids is 1. The van der Waals surface area contributed by atoms with Crippen molar-refractivity contribution in [2.45, 2.75) is 6.92 Å². The molecule has 116 valence electrons. The Morgan fingerprint density at radius 2 is 1.87 bits per heavy atom. The van der Waals surface area contributed by atoms with Gasteiger partial charge in [-0.1, -0.05) is 41.0 Å². The van der Waals surface area contributed by atoms with Crippen LogP contribution in [0.2, 0.25) is 5.02 Å². The Labute approximate surface area is 136 Å². The van der Waals surface area contributed by atoms with Gasteiger partial charge in [-0.3, -0.25) is 4.79 Å². The van der Waals surface area contributed by atoms with E-state index in [1.807, 2.05) is 0 Å². The van der Waals surface area contributed by atoms with Gasteiger partial charge in [0.1, 0.15) is 22.8 Å². The van der Waals surface area contributed by atoms with E-state index in [2.05, 4.69) is 10.5 Å². The first-order valence-corrected chi connectivity index (χ1v) is 7.22. The van der Waals surface area contributed by atoms with Crippen molar-refractivity contribution < 1.29 is 13.7 Å². The topological polar surface area (TPSA) is 55.1 Å². The summed E-state index contributed by atoms with van der Waals surface area (Å²) < 4.78 is 18.8. The van der Waals surface area contributed by atoms with Gasteiger partial charge in [-0.15, -0.1) is 0 Å². The maximum atomic E-state index is 13.7. The van der Waals surface area contributed by atoms with Gasteiger partial charge in [-0.05, 0) is 31.2 Å². The Morgan fingerprint density at radius 1 is 1.17 bits per heavy atom. The summed E-state index contributed by atoms with van der Waals surface area (Å²) in [5.41, 5.74) is 1.42. The third-order valence-electron chi connectivity index (χ3n) is 3.33. The fourth-order valence-electron chi connectivity index (χ4n) is 2.19. The van der Waals surface area contributed by atoms with Crippen molar-refractivity contribution in [1.82, 2.24) is 5.16 Å². The number of benzene rings is 2. The molecule has 0 fully saturated rings. The van der Waals surface area contributed by atoms with Crippen molar-refractivity contribution in [3.8, 4) is 11.3 Å². The molecule has 0 aliphatic heterocycles. The van der Waals surface area contributed by atoms with E-state index in [4.69, 9.17) is 16.1 Å². The van der Waals surface area contributed by atoms with Crippen LogP contribution in [-0.2, 0) is 0 Å². The lowest BCUT2D eigenvalue weighted by molar-refractivity contribution is 0.102. The molecule has 3 rings (SSSR count). The molecule has 4 nitrogen and oxygen atoms in total. The van der Waals surface area contributed by atoms with Gasteiger partial charge in [0.05, 0.1) is 5.69 Å². The van der Waals surface area contributed by atoms with E-state index < -0.39 is 11.7 Å². The van der Waals surface area contributed by atoms with Gasteiger partial charge < -0.3 is 9.84 Å². The molecular weight excluding hydrogens is 319 g/mol. The third-order valence-corrected chi connectivity index (χ3v) is 3.58. The first kappa shape index (κ1) is 15.2. The van der Waals surface area contributed by atoms with Crippen molar-refractivity contribution in [2.75, 3.05) is 5.32 Å². The average Bonchev–Trinajstić information content (AvgIpc) is 2.92. The van der Waals surface area contributed by atoms with E-state index in [0.717, 1.165) is 0 Å². The molecule has 0 spiro atoms. The number of carbonyl (C=O) groups is 1. The molecule has 23 heavy (non-hydrogen) atoms. The number of halogens is 2. The van der Waals surface area contributed by atoms with Gasteiger partial charge in [-0.2, -0.15) is 0 Å². The number of para-hydroxylation sites is 1. The molecule has 1 amide bonds. The van der Waals surface area contributed by atoms with Crippen LogP contribution < -0.4 is 5.32 Å². The molecule has 1 aromatic heterocycles. The number of nitrogens with zero attached hydrogens (tertiary/aromatic N) is 1. The second-order valence-corrected chi connectivity index (χ2v) is 5.34. The molecule has 6 heteroatoms. The number of rotatable bonds is 3. The molecule has 3 aromatic rings. The molecule has 0 unspecified atom stereocenters. The van der Waals surface area contributed by atoms with Gasteiger partial charge in [0.25, 0.3) is 5.91 Å². The van der Waals surface area contributed by atoms with Crippen LogP contribution >= 0.6 is 11.6 Å². The fourth-order valence-corrected chi connectivity index (χ4v) is 2.32. The van der Waals surface area contributed by atoms with Crippen molar-refractivity contribution in [3.05, 3.63) is 70.7 Å². The number of aromatic nitrogens is 1. The molecule has 0 atom stereocenters. The van der Waals surface area contributed by atoms with Crippen LogP contribution in [0.25, 0.3) is 11.3 Å². The van der Waals surface area contributed by atoms with Crippen molar-refractivity contribution in [3.63, 3.8) is 0 Å². The predicted octanol–water partition coefficient (Wildman–Crippen LogP) is 4.69. The lowest BCUT2D eigenvalue weighted by Crippen LogP contribution is -2.14. The molecule has 1 heterocycles. The fraction of sp³-hybridized carbons (Fsp3) is 0.0588.